The molecule has 0 N–H and O–H groups in total. The Morgan fingerprint density at radius 2 is 2.10 bits per heavy atom. The number of hydrogen-bond donors (Lipinski definition) is 0. The summed E-state index contributed by atoms with van der Waals surface area (Å²) >= 11 is 0. The van der Waals surface area contributed by atoms with Crippen LogP contribution in [0.1, 0.15) is 52.0 Å². The molecule has 3 aliphatic rings. The Balaban J connectivity index is 1.54. The molecule has 0 radical (unpaired) electrons. The Morgan fingerprint density at radius 1 is 1.28 bits per heavy atom. The van der Waals surface area contributed by atoms with Crippen molar-refractivity contribution >= 4 is 24.8 Å². The van der Waals surface area contributed by atoms with Crippen LogP contribution in [0, 0.1) is 5.92 Å². The van der Waals surface area contributed by atoms with Gasteiger partial charge in [-0.25, -0.2) is 0 Å². The highest BCUT2D eigenvalue weighted by Gasteiger charge is 2.30. The second kappa shape index (κ2) is 8.52. The fourth-order valence-corrected chi connectivity index (χ4v) is 5.09. The molecular formula is C26H33N2O+. The molecule has 0 bridgehead atoms. The summed E-state index contributed by atoms with van der Waals surface area (Å²) in [5.74, 6) is 0.507. The molecule has 1 aromatic carbocycles. The van der Waals surface area contributed by atoms with Gasteiger partial charge in [0.15, 0.2) is 0 Å². The van der Waals surface area contributed by atoms with E-state index in [0.29, 0.717) is 18.4 Å². The molecule has 3 nitrogen and oxygen atoms in total. The normalized spacial score (nSPS) is 22.3. The number of hydrogen-bond acceptors (Lipinski definition) is 2. The highest BCUT2D eigenvalue weighted by Crippen LogP contribution is 2.33. The monoisotopic (exact) mass is 389 g/mol. The summed E-state index contributed by atoms with van der Waals surface area (Å²) in [5.41, 5.74) is 5.48. The Kier molecular flexibility index (Phi) is 5.84. The van der Waals surface area contributed by atoms with Crippen LogP contribution in [-0.4, -0.2) is 41.2 Å². The topological polar surface area (TPSA) is 23.3 Å². The molecule has 0 spiro atoms. The maximum absolute atomic E-state index is 11.1. The van der Waals surface area contributed by atoms with Crippen molar-refractivity contribution in [2.24, 2.45) is 5.92 Å². The first kappa shape index (κ1) is 19.9. The number of aldehydes is 1. The van der Waals surface area contributed by atoms with Gasteiger partial charge in [0, 0.05) is 12.0 Å². The summed E-state index contributed by atoms with van der Waals surface area (Å²) in [7, 11) is 0. The third-order valence-corrected chi connectivity index (χ3v) is 6.74. The van der Waals surface area contributed by atoms with Crippen LogP contribution in [0.25, 0.3) is 12.2 Å². The number of fused-ring (bicyclic) bond motifs is 1. The molecule has 2 atom stereocenters. The number of nitrogens with zero attached hydrogens (tertiary/aromatic N) is 2. The molecule has 0 aromatic heterocycles. The zero-order chi connectivity index (χ0) is 20.4. The highest BCUT2D eigenvalue weighted by atomic mass is 16.1. The van der Waals surface area contributed by atoms with Crippen LogP contribution in [-0.2, 0) is 11.3 Å². The molecule has 4 rings (SSSR count). The van der Waals surface area contributed by atoms with E-state index in [2.05, 4.69) is 73.0 Å². The summed E-state index contributed by atoms with van der Waals surface area (Å²) < 4.78 is 2.46. The van der Waals surface area contributed by atoms with Gasteiger partial charge in [-0.1, -0.05) is 43.4 Å². The summed E-state index contributed by atoms with van der Waals surface area (Å²) in [6.45, 7) is 9.88. The Morgan fingerprint density at radius 3 is 2.93 bits per heavy atom. The number of allylic oxidation sites excluding steroid dienone is 3. The molecule has 2 aliphatic carbocycles. The van der Waals surface area contributed by atoms with Crippen LogP contribution in [0.2, 0.25) is 0 Å². The zero-order valence-electron chi connectivity index (χ0n) is 18.0. The smallest absolute Gasteiger partial charge is 0.235 e. The third-order valence-electron chi connectivity index (χ3n) is 6.74. The van der Waals surface area contributed by atoms with Crippen LogP contribution in [0.5, 0.6) is 0 Å². The quantitative estimate of drug-likeness (QED) is 0.551. The van der Waals surface area contributed by atoms with E-state index >= 15 is 0 Å². The van der Waals surface area contributed by atoms with Gasteiger partial charge >= 0.3 is 0 Å². The van der Waals surface area contributed by atoms with Crippen molar-refractivity contribution in [3.8, 4) is 0 Å². The molecule has 1 heterocycles. The maximum Gasteiger partial charge on any atom is 0.235 e. The van der Waals surface area contributed by atoms with Gasteiger partial charge in [0.1, 0.15) is 32.0 Å². The Bertz CT molecular complexity index is 1010. The predicted octanol–water partition coefficient (Wildman–Crippen LogP) is 3.16. The second-order valence-corrected chi connectivity index (χ2v) is 8.80. The van der Waals surface area contributed by atoms with E-state index < -0.39 is 0 Å². The molecule has 0 fully saturated rings. The van der Waals surface area contributed by atoms with Crippen molar-refractivity contribution in [3.63, 3.8) is 0 Å². The first-order chi connectivity index (χ1) is 14.1. The van der Waals surface area contributed by atoms with Crippen molar-refractivity contribution < 1.29 is 9.37 Å². The molecule has 1 aliphatic heterocycles. The molecule has 0 saturated heterocycles. The van der Waals surface area contributed by atoms with Crippen LogP contribution >= 0.6 is 0 Å². The van der Waals surface area contributed by atoms with Gasteiger partial charge in [-0.05, 0) is 66.2 Å². The molecule has 0 amide bonds. The Labute approximate surface area is 174 Å². The lowest BCUT2D eigenvalue weighted by Crippen LogP contribution is -2.34. The minimum Gasteiger partial charge on any atom is -0.303 e. The molecule has 152 valence electrons. The fourth-order valence-electron chi connectivity index (χ4n) is 5.09. The number of benzene rings is 1. The van der Waals surface area contributed by atoms with Crippen LogP contribution in [0.4, 0.5) is 0 Å². The molecule has 3 heteroatoms. The predicted molar refractivity (Wildman–Crippen MR) is 120 cm³/mol. The molecule has 2 unspecified atom stereocenters. The van der Waals surface area contributed by atoms with Crippen molar-refractivity contribution in [2.75, 3.05) is 13.1 Å². The largest absolute Gasteiger partial charge is 0.303 e. The summed E-state index contributed by atoms with van der Waals surface area (Å²) in [6.07, 6.45) is 14.4. The van der Waals surface area contributed by atoms with Gasteiger partial charge in [0.25, 0.3) is 0 Å². The summed E-state index contributed by atoms with van der Waals surface area (Å²) in [4.78, 5) is 13.6. The maximum atomic E-state index is 11.1. The van der Waals surface area contributed by atoms with E-state index in [0.717, 1.165) is 45.2 Å². The highest BCUT2D eigenvalue weighted by molar-refractivity contribution is 5.60. The fraction of sp³-hybridized carbons (Fsp3) is 0.462. The first-order valence-electron chi connectivity index (χ1n) is 11.0. The van der Waals surface area contributed by atoms with Crippen molar-refractivity contribution in [2.45, 2.75) is 59.0 Å². The lowest BCUT2D eigenvalue weighted by atomic mass is 9.82. The van der Waals surface area contributed by atoms with Crippen LogP contribution in [0.3, 0.4) is 0 Å². The lowest BCUT2D eigenvalue weighted by molar-refractivity contribution is -0.530. The third kappa shape index (κ3) is 4.14. The molecule has 1 aromatic rings. The standard InChI is InChI=1S/C26H33N2O/c1-19-15-23(11-14-29)20(2)26(16-19)21(3)28-13-12-27(18-28)17-24-9-6-8-22-7-4-5-10-25(22)24/h6-10,14-15,18-19,21H,4-5,11-13,16-17H2,1-3H3/q+1. The minimum absolute atomic E-state index is 0.377. The molecular weight excluding hydrogens is 356 g/mol. The van der Waals surface area contributed by atoms with Gasteiger partial charge in [0.05, 0.1) is 0 Å². The molecule has 29 heavy (non-hydrogen) atoms. The zero-order valence-corrected chi connectivity index (χ0v) is 18.0. The molecule has 0 saturated carbocycles. The Hall–Kier alpha value is -2.42. The van der Waals surface area contributed by atoms with Gasteiger partial charge in [0.2, 0.25) is 6.34 Å². The van der Waals surface area contributed by atoms with Crippen molar-refractivity contribution in [1.29, 1.82) is 0 Å². The van der Waals surface area contributed by atoms with E-state index in [1.807, 2.05) is 0 Å². The first-order valence-corrected chi connectivity index (χ1v) is 11.0. The number of carbonyl (C=O) groups is 1. The number of carbonyl (C=O) groups excluding carboxylic acids is 1. The minimum atomic E-state index is 0.377. The SMILES string of the molecule is CC1=C(C(C)N2C=[N+](Cc3cccc4c3=CCCC=4)CC2)CC(C)C=C1CC=O. The van der Waals surface area contributed by atoms with Gasteiger partial charge in [-0.2, -0.15) is 0 Å². The van der Waals surface area contributed by atoms with E-state index in [1.54, 1.807) is 0 Å². The summed E-state index contributed by atoms with van der Waals surface area (Å²) in [6, 6.07) is 7.09. The van der Waals surface area contributed by atoms with Crippen molar-refractivity contribution in [3.05, 3.63) is 57.0 Å². The average molecular weight is 390 g/mol. The number of rotatable bonds is 6. The second-order valence-electron chi connectivity index (χ2n) is 8.80. The van der Waals surface area contributed by atoms with E-state index in [4.69, 9.17) is 0 Å². The van der Waals surface area contributed by atoms with Crippen molar-refractivity contribution in [1.82, 2.24) is 4.90 Å². The van der Waals surface area contributed by atoms with E-state index in [9.17, 15) is 4.79 Å². The van der Waals surface area contributed by atoms with Gasteiger partial charge < -0.3 is 4.79 Å². The van der Waals surface area contributed by atoms with Gasteiger partial charge in [-0.3, -0.25) is 9.48 Å². The van der Waals surface area contributed by atoms with Gasteiger partial charge in [-0.15, -0.1) is 0 Å². The van der Waals surface area contributed by atoms with E-state index in [1.165, 1.54) is 32.7 Å². The lowest BCUT2D eigenvalue weighted by Gasteiger charge is -2.28. The average Bonchev–Trinajstić information content (AvgIpc) is 3.19. The van der Waals surface area contributed by atoms with E-state index in [-0.39, 0.29) is 0 Å². The van der Waals surface area contributed by atoms with Crippen LogP contribution < -0.4 is 10.4 Å². The summed E-state index contributed by atoms with van der Waals surface area (Å²) in [5, 5.41) is 2.83. The van der Waals surface area contributed by atoms with Crippen LogP contribution in [0.15, 0.2) is 41.0 Å².